The van der Waals surface area contributed by atoms with E-state index >= 15 is 0 Å². The monoisotopic (exact) mass is 168 g/mol. The summed E-state index contributed by atoms with van der Waals surface area (Å²) in [6, 6.07) is 0. The summed E-state index contributed by atoms with van der Waals surface area (Å²) in [7, 11) is 0. The van der Waals surface area contributed by atoms with Gasteiger partial charge in [0.2, 0.25) is 0 Å². The quantitative estimate of drug-likeness (QED) is 0.455. The highest BCUT2D eigenvalue weighted by atomic mass is 35.5. The Morgan fingerprint density at radius 2 is 1.89 bits per heavy atom. The van der Waals surface area contributed by atoms with E-state index in [0.717, 1.165) is 12.8 Å². The number of halogens is 2. The van der Waals surface area contributed by atoms with Crippen LogP contribution in [0.3, 0.4) is 0 Å². The maximum atomic E-state index is 10.5. The highest BCUT2D eigenvalue weighted by Gasteiger charge is 1.96. The Balaban J connectivity index is 2.97. The predicted molar refractivity (Wildman–Crippen MR) is 40.3 cm³/mol. The van der Waals surface area contributed by atoms with E-state index in [1.807, 2.05) is 0 Å². The minimum absolute atomic E-state index is 0.113. The van der Waals surface area contributed by atoms with Gasteiger partial charge in [-0.15, -0.1) is 23.2 Å². The lowest BCUT2D eigenvalue weighted by Gasteiger charge is -1.92. The number of hydrogen-bond donors (Lipinski definition) is 0. The average molecular weight is 169 g/mol. The number of rotatable bonds is 5. The van der Waals surface area contributed by atoms with E-state index in [2.05, 4.69) is 0 Å². The maximum absolute atomic E-state index is 10.5. The fraction of sp³-hybridized carbons (Fsp3) is 0.833. The molecule has 0 atom stereocenters. The third-order valence-corrected chi connectivity index (χ3v) is 1.55. The van der Waals surface area contributed by atoms with Gasteiger partial charge in [0.1, 0.15) is 5.78 Å². The van der Waals surface area contributed by atoms with Crippen molar-refractivity contribution in [1.29, 1.82) is 0 Å². The molecular formula is C6H10Cl2O. The zero-order valence-electron chi connectivity index (χ0n) is 5.20. The first-order chi connectivity index (χ1) is 4.31. The molecule has 0 aliphatic carbocycles. The summed E-state index contributed by atoms with van der Waals surface area (Å²) in [5.74, 6) is 0.888. The molecule has 3 heteroatoms. The van der Waals surface area contributed by atoms with Gasteiger partial charge in [0.05, 0.1) is 5.88 Å². The van der Waals surface area contributed by atoms with E-state index in [4.69, 9.17) is 23.2 Å². The Morgan fingerprint density at radius 1 is 1.22 bits per heavy atom. The SMILES string of the molecule is O=C(CCl)CCCCCl. The van der Waals surface area contributed by atoms with Crippen molar-refractivity contribution in [2.45, 2.75) is 19.3 Å². The molecule has 0 amide bonds. The molecule has 0 spiro atoms. The number of alkyl halides is 2. The molecule has 0 rings (SSSR count). The number of carbonyl (C=O) groups is 1. The first-order valence-corrected chi connectivity index (χ1v) is 4.01. The molecule has 0 unspecified atom stereocenters. The third-order valence-electron chi connectivity index (χ3n) is 0.988. The second kappa shape index (κ2) is 6.37. The standard InChI is InChI=1S/C6H10Cl2O/c7-4-2-1-3-6(9)5-8/h1-5H2. The summed E-state index contributed by atoms with van der Waals surface area (Å²) >= 11 is 10.6. The average Bonchev–Trinajstić information content (AvgIpc) is 1.89. The molecule has 0 bridgehead atoms. The van der Waals surface area contributed by atoms with E-state index in [0.29, 0.717) is 12.3 Å². The van der Waals surface area contributed by atoms with Crippen LogP contribution in [0.1, 0.15) is 19.3 Å². The second-order valence-corrected chi connectivity index (χ2v) is 2.46. The van der Waals surface area contributed by atoms with Crippen LogP contribution in [0.5, 0.6) is 0 Å². The first-order valence-electron chi connectivity index (χ1n) is 2.95. The van der Waals surface area contributed by atoms with Gasteiger partial charge < -0.3 is 0 Å². The van der Waals surface area contributed by atoms with Crippen molar-refractivity contribution in [3.8, 4) is 0 Å². The van der Waals surface area contributed by atoms with Crippen LogP contribution < -0.4 is 0 Å². The molecular weight excluding hydrogens is 159 g/mol. The van der Waals surface area contributed by atoms with Crippen molar-refractivity contribution in [2.24, 2.45) is 0 Å². The molecule has 0 saturated heterocycles. The van der Waals surface area contributed by atoms with Gasteiger partial charge in [0, 0.05) is 12.3 Å². The van der Waals surface area contributed by atoms with E-state index in [-0.39, 0.29) is 11.7 Å². The van der Waals surface area contributed by atoms with E-state index in [9.17, 15) is 4.79 Å². The van der Waals surface area contributed by atoms with Gasteiger partial charge in [-0.25, -0.2) is 0 Å². The molecule has 0 heterocycles. The number of ketones is 1. The molecule has 0 N–H and O–H groups in total. The Morgan fingerprint density at radius 3 is 2.33 bits per heavy atom. The summed E-state index contributed by atoms with van der Waals surface area (Å²) in [6.45, 7) is 0. The molecule has 9 heavy (non-hydrogen) atoms. The van der Waals surface area contributed by atoms with Crippen molar-refractivity contribution in [2.75, 3.05) is 11.8 Å². The van der Waals surface area contributed by atoms with Crippen molar-refractivity contribution >= 4 is 29.0 Å². The lowest BCUT2D eigenvalue weighted by atomic mass is 10.2. The maximum Gasteiger partial charge on any atom is 0.147 e. The smallest absolute Gasteiger partial charge is 0.147 e. The predicted octanol–water partition coefficient (Wildman–Crippen LogP) is 2.20. The Hall–Kier alpha value is 0.250. The fourth-order valence-electron chi connectivity index (χ4n) is 0.483. The Kier molecular flexibility index (Phi) is 6.55. The van der Waals surface area contributed by atoms with Crippen LogP contribution in [0.2, 0.25) is 0 Å². The largest absolute Gasteiger partial charge is 0.298 e. The van der Waals surface area contributed by atoms with Gasteiger partial charge in [0.15, 0.2) is 0 Å². The van der Waals surface area contributed by atoms with Crippen molar-refractivity contribution < 1.29 is 4.79 Å². The summed E-state index contributed by atoms with van der Waals surface area (Å²) in [5.41, 5.74) is 0. The molecule has 0 aromatic rings. The lowest BCUT2D eigenvalue weighted by molar-refractivity contribution is -0.116. The summed E-state index contributed by atoms with van der Waals surface area (Å²) in [4.78, 5) is 10.5. The van der Waals surface area contributed by atoms with Crippen LogP contribution in [0, 0.1) is 0 Å². The van der Waals surface area contributed by atoms with E-state index in [1.165, 1.54) is 0 Å². The zero-order valence-corrected chi connectivity index (χ0v) is 6.71. The summed E-state index contributed by atoms with van der Waals surface area (Å²) < 4.78 is 0. The van der Waals surface area contributed by atoms with Crippen molar-refractivity contribution in [3.05, 3.63) is 0 Å². The highest BCUT2D eigenvalue weighted by Crippen LogP contribution is 1.98. The minimum Gasteiger partial charge on any atom is -0.298 e. The summed E-state index contributed by atoms with van der Waals surface area (Å²) in [5, 5.41) is 0. The lowest BCUT2D eigenvalue weighted by Crippen LogP contribution is -1.98. The van der Waals surface area contributed by atoms with Crippen molar-refractivity contribution in [1.82, 2.24) is 0 Å². The van der Waals surface area contributed by atoms with Gasteiger partial charge in [0.25, 0.3) is 0 Å². The third kappa shape index (κ3) is 6.13. The van der Waals surface area contributed by atoms with Crippen LogP contribution in [-0.2, 0) is 4.79 Å². The molecule has 0 aromatic heterocycles. The molecule has 0 aromatic carbocycles. The Labute approximate surface area is 65.3 Å². The molecule has 0 radical (unpaired) electrons. The molecule has 0 saturated carbocycles. The molecule has 0 fully saturated rings. The highest BCUT2D eigenvalue weighted by molar-refractivity contribution is 6.27. The number of unbranched alkanes of at least 4 members (excludes halogenated alkanes) is 1. The number of hydrogen-bond acceptors (Lipinski definition) is 1. The fourth-order valence-corrected chi connectivity index (χ4v) is 0.806. The normalized spacial score (nSPS) is 9.56. The second-order valence-electron chi connectivity index (χ2n) is 1.82. The van der Waals surface area contributed by atoms with Gasteiger partial charge in [-0.1, -0.05) is 0 Å². The number of carbonyl (C=O) groups excluding carboxylic acids is 1. The van der Waals surface area contributed by atoms with Crippen LogP contribution in [0.25, 0.3) is 0 Å². The molecule has 54 valence electrons. The zero-order chi connectivity index (χ0) is 7.11. The number of Topliss-reactive ketones (excluding diaryl/α,β-unsaturated/α-hetero) is 1. The van der Waals surface area contributed by atoms with Gasteiger partial charge in [-0.05, 0) is 12.8 Å². The molecule has 0 aliphatic rings. The van der Waals surface area contributed by atoms with E-state index in [1.54, 1.807) is 0 Å². The van der Waals surface area contributed by atoms with Gasteiger partial charge >= 0.3 is 0 Å². The van der Waals surface area contributed by atoms with Crippen LogP contribution in [-0.4, -0.2) is 17.5 Å². The topological polar surface area (TPSA) is 17.1 Å². The summed E-state index contributed by atoms with van der Waals surface area (Å²) in [6.07, 6.45) is 2.36. The van der Waals surface area contributed by atoms with Gasteiger partial charge in [-0.3, -0.25) is 4.79 Å². The van der Waals surface area contributed by atoms with Gasteiger partial charge in [-0.2, -0.15) is 0 Å². The van der Waals surface area contributed by atoms with Crippen molar-refractivity contribution in [3.63, 3.8) is 0 Å². The van der Waals surface area contributed by atoms with Crippen LogP contribution in [0.4, 0.5) is 0 Å². The Bertz CT molecular complexity index is 83.1. The first kappa shape index (κ1) is 9.25. The molecule has 1 nitrogen and oxygen atoms in total. The minimum atomic E-state index is 0.113. The molecule has 0 aliphatic heterocycles. The van der Waals surface area contributed by atoms with E-state index < -0.39 is 0 Å². The van der Waals surface area contributed by atoms with Crippen LogP contribution in [0.15, 0.2) is 0 Å². The van der Waals surface area contributed by atoms with Crippen LogP contribution >= 0.6 is 23.2 Å².